The first-order valence-corrected chi connectivity index (χ1v) is 4.97. The van der Waals surface area contributed by atoms with E-state index < -0.39 is 0 Å². The van der Waals surface area contributed by atoms with Crippen LogP contribution in [-0.2, 0) is 0 Å². The average Bonchev–Trinajstić information content (AvgIpc) is 2.30. The molecule has 4 nitrogen and oxygen atoms in total. The number of nitrogens with two attached hydrogens (primary N) is 2. The molecular formula is C12H12FN3O. The minimum absolute atomic E-state index is 0.192. The number of anilines is 2. The number of hydrogen-bond donors (Lipinski definition) is 2. The Morgan fingerprint density at radius 2 is 1.88 bits per heavy atom. The van der Waals surface area contributed by atoms with E-state index in [4.69, 9.17) is 16.2 Å². The number of halogens is 1. The second-order valence-electron chi connectivity index (χ2n) is 3.51. The summed E-state index contributed by atoms with van der Waals surface area (Å²) in [5.41, 5.74) is 12.0. The van der Waals surface area contributed by atoms with Gasteiger partial charge in [0.25, 0.3) is 0 Å². The molecule has 2 aromatic rings. The fourth-order valence-electron chi connectivity index (χ4n) is 1.56. The monoisotopic (exact) mass is 233 g/mol. The van der Waals surface area contributed by atoms with Crippen LogP contribution in [0.1, 0.15) is 0 Å². The van der Waals surface area contributed by atoms with Gasteiger partial charge in [-0.2, -0.15) is 0 Å². The summed E-state index contributed by atoms with van der Waals surface area (Å²) in [6.45, 7) is 0. The molecule has 0 radical (unpaired) electrons. The highest BCUT2D eigenvalue weighted by Gasteiger charge is 2.10. The summed E-state index contributed by atoms with van der Waals surface area (Å²) >= 11 is 0. The lowest BCUT2D eigenvalue weighted by atomic mass is 10.1. The highest BCUT2D eigenvalue weighted by atomic mass is 19.1. The smallest absolute Gasteiger partial charge is 0.133 e. The number of pyridine rings is 1. The van der Waals surface area contributed by atoms with Crippen LogP contribution in [0.25, 0.3) is 11.1 Å². The standard InChI is InChI=1S/C12H12FN3O/c1-17-7-2-4-10(13)9(6-7)8-3-5-11(14)16-12(8)15/h2-6H,1H3,(H4,14,15,16). The summed E-state index contributed by atoms with van der Waals surface area (Å²) in [6.07, 6.45) is 0. The molecule has 0 fully saturated rings. The maximum absolute atomic E-state index is 13.7. The molecular weight excluding hydrogens is 221 g/mol. The lowest BCUT2D eigenvalue weighted by Gasteiger charge is -2.08. The number of aromatic nitrogens is 1. The second kappa shape index (κ2) is 4.29. The third kappa shape index (κ3) is 2.13. The molecule has 0 spiro atoms. The van der Waals surface area contributed by atoms with Crippen LogP contribution in [-0.4, -0.2) is 12.1 Å². The van der Waals surface area contributed by atoms with Crippen molar-refractivity contribution in [1.82, 2.24) is 4.98 Å². The fraction of sp³-hybridized carbons (Fsp3) is 0.0833. The third-order valence-corrected chi connectivity index (χ3v) is 2.41. The Morgan fingerprint density at radius 3 is 2.53 bits per heavy atom. The van der Waals surface area contributed by atoms with Crippen LogP contribution in [0.15, 0.2) is 30.3 Å². The highest BCUT2D eigenvalue weighted by Crippen LogP contribution is 2.30. The van der Waals surface area contributed by atoms with E-state index in [9.17, 15) is 4.39 Å². The second-order valence-corrected chi connectivity index (χ2v) is 3.51. The third-order valence-electron chi connectivity index (χ3n) is 2.41. The van der Waals surface area contributed by atoms with Crippen LogP contribution in [0.3, 0.4) is 0 Å². The van der Waals surface area contributed by atoms with E-state index in [-0.39, 0.29) is 11.6 Å². The van der Waals surface area contributed by atoms with Gasteiger partial charge in [0.15, 0.2) is 0 Å². The van der Waals surface area contributed by atoms with Gasteiger partial charge in [-0.3, -0.25) is 0 Å². The summed E-state index contributed by atoms with van der Waals surface area (Å²) in [5, 5.41) is 0. The van der Waals surface area contributed by atoms with Crippen molar-refractivity contribution >= 4 is 11.6 Å². The molecule has 0 aliphatic heterocycles. The predicted molar refractivity (Wildman–Crippen MR) is 65.0 cm³/mol. The number of nitrogens with zero attached hydrogens (tertiary/aromatic N) is 1. The first kappa shape index (κ1) is 11.2. The first-order chi connectivity index (χ1) is 8.11. The summed E-state index contributed by atoms with van der Waals surface area (Å²) in [5.74, 6) is 0.661. The molecule has 4 N–H and O–H groups in total. The van der Waals surface area contributed by atoms with Crippen LogP contribution >= 0.6 is 0 Å². The van der Waals surface area contributed by atoms with Crippen LogP contribution in [0.2, 0.25) is 0 Å². The van der Waals surface area contributed by atoms with E-state index in [1.165, 1.54) is 13.2 Å². The Bertz CT molecular complexity index is 557. The summed E-state index contributed by atoms with van der Waals surface area (Å²) in [4.78, 5) is 3.89. The summed E-state index contributed by atoms with van der Waals surface area (Å²) < 4.78 is 18.7. The molecule has 0 saturated heterocycles. The van der Waals surface area contributed by atoms with Crippen molar-refractivity contribution < 1.29 is 9.13 Å². The zero-order valence-corrected chi connectivity index (χ0v) is 9.27. The van der Waals surface area contributed by atoms with E-state index in [0.717, 1.165) is 0 Å². The Hall–Kier alpha value is -2.30. The van der Waals surface area contributed by atoms with E-state index in [2.05, 4.69) is 4.98 Å². The predicted octanol–water partition coefficient (Wildman–Crippen LogP) is 2.06. The molecule has 0 atom stereocenters. The van der Waals surface area contributed by atoms with E-state index in [1.54, 1.807) is 24.3 Å². The van der Waals surface area contributed by atoms with Gasteiger partial charge in [-0.25, -0.2) is 9.37 Å². The van der Waals surface area contributed by atoms with Gasteiger partial charge in [-0.15, -0.1) is 0 Å². The van der Waals surface area contributed by atoms with E-state index in [0.29, 0.717) is 22.7 Å². The number of hydrogen-bond acceptors (Lipinski definition) is 4. The van der Waals surface area contributed by atoms with Crippen LogP contribution < -0.4 is 16.2 Å². The van der Waals surface area contributed by atoms with Crippen molar-refractivity contribution in [2.45, 2.75) is 0 Å². The fourth-order valence-corrected chi connectivity index (χ4v) is 1.56. The van der Waals surface area contributed by atoms with Crippen molar-refractivity contribution in [3.05, 3.63) is 36.1 Å². The molecule has 88 valence electrons. The zero-order valence-electron chi connectivity index (χ0n) is 9.27. The SMILES string of the molecule is COc1ccc(F)c(-c2ccc(N)nc2N)c1. The molecule has 1 aromatic carbocycles. The van der Waals surface area contributed by atoms with Gasteiger partial charge < -0.3 is 16.2 Å². The van der Waals surface area contributed by atoms with Gasteiger partial charge in [-0.1, -0.05) is 0 Å². The van der Waals surface area contributed by atoms with E-state index in [1.807, 2.05) is 0 Å². The van der Waals surface area contributed by atoms with E-state index >= 15 is 0 Å². The molecule has 1 heterocycles. The minimum Gasteiger partial charge on any atom is -0.497 e. The van der Waals surface area contributed by atoms with Crippen molar-refractivity contribution in [2.75, 3.05) is 18.6 Å². The van der Waals surface area contributed by atoms with Gasteiger partial charge >= 0.3 is 0 Å². The molecule has 17 heavy (non-hydrogen) atoms. The van der Waals surface area contributed by atoms with Crippen LogP contribution in [0.5, 0.6) is 5.75 Å². The molecule has 0 unspecified atom stereocenters. The maximum Gasteiger partial charge on any atom is 0.133 e. The molecule has 1 aromatic heterocycles. The summed E-state index contributed by atoms with van der Waals surface area (Å²) in [7, 11) is 1.52. The molecule has 0 amide bonds. The molecule has 0 bridgehead atoms. The Kier molecular flexibility index (Phi) is 2.82. The summed E-state index contributed by atoms with van der Waals surface area (Å²) in [6, 6.07) is 7.64. The average molecular weight is 233 g/mol. The maximum atomic E-state index is 13.7. The number of ether oxygens (including phenoxy) is 1. The van der Waals surface area contributed by atoms with Crippen molar-refractivity contribution in [2.24, 2.45) is 0 Å². The van der Waals surface area contributed by atoms with Crippen molar-refractivity contribution in [3.8, 4) is 16.9 Å². The van der Waals surface area contributed by atoms with Gasteiger partial charge in [0.1, 0.15) is 23.2 Å². The topological polar surface area (TPSA) is 74.2 Å². The molecule has 0 saturated carbocycles. The van der Waals surface area contributed by atoms with Gasteiger partial charge in [0.2, 0.25) is 0 Å². The van der Waals surface area contributed by atoms with Gasteiger partial charge in [0.05, 0.1) is 7.11 Å². The van der Waals surface area contributed by atoms with Crippen molar-refractivity contribution in [1.29, 1.82) is 0 Å². The number of rotatable bonds is 2. The lowest BCUT2D eigenvalue weighted by molar-refractivity contribution is 0.414. The Labute approximate surface area is 98.0 Å². The zero-order chi connectivity index (χ0) is 12.4. The molecule has 2 rings (SSSR count). The lowest BCUT2D eigenvalue weighted by Crippen LogP contribution is -1.99. The van der Waals surface area contributed by atoms with Crippen molar-refractivity contribution in [3.63, 3.8) is 0 Å². The minimum atomic E-state index is -0.385. The highest BCUT2D eigenvalue weighted by molar-refractivity contribution is 5.76. The van der Waals surface area contributed by atoms with Crippen LogP contribution in [0, 0.1) is 5.82 Å². The number of nitrogen functional groups attached to an aromatic ring is 2. The number of methoxy groups -OCH3 is 1. The largest absolute Gasteiger partial charge is 0.497 e. The molecule has 0 aliphatic rings. The molecule has 5 heteroatoms. The van der Waals surface area contributed by atoms with Crippen LogP contribution in [0.4, 0.5) is 16.0 Å². The quantitative estimate of drug-likeness (QED) is 0.832. The van der Waals surface area contributed by atoms with Gasteiger partial charge in [-0.05, 0) is 30.3 Å². The molecule has 0 aliphatic carbocycles. The Balaban J connectivity index is 2.59. The first-order valence-electron chi connectivity index (χ1n) is 4.97. The number of benzene rings is 1. The van der Waals surface area contributed by atoms with Gasteiger partial charge in [0, 0.05) is 11.1 Å². The Morgan fingerprint density at radius 1 is 1.12 bits per heavy atom. The normalized spacial score (nSPS) is 10.2.